The Bertz CT molecular complexity index is 975. The standard InChI is InChI=1S/C17H16BrN5O3/c1-9-14(17(25)26-3)10(2)19-15(9)13(24)8-23-21-16(20-22-23)11-4-6-12(18)7-5-11/h4-7,19H,8H2,1-3H3. The van der Waals surface area contributed by atoms with Crippen molar-refractivity contribution in [1.82, 2.24) is 25.2 Å². The minimum atomic E-state index is -0.480. The number of hydrogen-bond acceptors (Lipinski definition) is 6. The molecule has 134 valence electrons. The number of ether oxygens (including phenoxy) is 1. The molecule has 0 fully saturated rings. The average molecular weight is 418 g/mol. The molecule has 1 aromatic carbocycles. The Hall–Kier alpha value is -2.81. The first kappa shape index (κ1) is 18.0. The number of benzene rings is 1. The van der Waals surface area contributed by atoms with E-state index in [4.69, 9.17) is 4.74 Å². The lowest BCUT2D eigenvalue weighted by Crippen LogP contribution is -2.15. The third-order valence-corrected chi connectivity index (χ3v) is 4.47. The number of esters is 1. The van der Waals surface area contributed by atoms with Crippen molar-refractivity contribution in [2.75, 3.05) is 7.11 Å². The van der Waals surface area contributed by atoms with Crippen molar-refractivity contribution in [3.63, 3.8) is 0 Å². The number of ketones is 1. The SMILES string of the molecule is COC(=O)c1c(C)[nH]c(C(=O)Cn2nnc(-c3ccc(Br)cc3)n2)c1C. The van der Waals surface area contributed by atoms with Crippen molar-refractivity contribution >= 4 is 27.7 Å². The maximum Gasteiger partial charge on any atom is 0.339 e. The average Bonchev–Trinajstić information content (AvgIpc) is 3.19. The molecule has 0 radical (unpaired) electrons. The number of aromatic amines is 1. The van der Waals surface area contributed by atoms with E-state index in [-0.39, 0.29) is 12.3 Å². The van der Waals surface area contributed by atoms with Crippen LogP contribution in [0.1, 0.15) is 32.1 Å². The normalized spacial score (nSPS) is 10.8. The van der Waals surface area contributed by atoms with E-state index < -0.39 is 5.97 Å². The van der Waals surface area contributed by atoms with Crippen molar-refractivity contribution < 1.29 is 14.3 Å². The van der Waals surface area contributed by atoms with Gasteiger partial charge in [0.1, 0.15) is 6.54 Å². The Morgan fingerprint density at radius 3 is 2.58 bits per heavy atom. The molecule has 0 atom stereocenters. The second-order valence-corrected chi connectivity index (χ2v) is 6.61. The smallest absolute Gasteiger partial charge is 0.339 e. The molecule has 26 heavy (non-hydrogen) atoms. The van der Waals surface area contributed by atoms with Crippen molar-refractivity contribution in [3.8, 4) is 11.4 Å². The van der Waals surface area contributed by atoms with Gasteiger partial charge < -0.3 is 9.72 Å². The van der Waals surface area contributed by atoms with Crippen LogP contribution in [-0.2, 0) is 11.3 Å². The van der Waals surface area contributed by atoms with Gasteiger partial charge in [-0.3, -0.25) is 4.79 Å². The molecule has 0 aliphatic carbocycles. The fourth-order valence-electron chi connectivity index (χ4n) is 2.67. The number of halogens is 1. The summed E-state index contributed by atoms with van der Waals surface area (Å²) in [7, 11) is 1.30. The van der Waals surface area contributed by atoms with E-state index in [0.29, 0.717) is 28.3 Å². The molecule has 0 saturated heterocycles. The number of nitrogens with one attached hydrogen (secondary N) is 1. The highest BCUT2D eigenvalue weighted by molar-refractivity contribution is 9.10. The molecule has 3 rings (SSSR count). The lowest BCUT2D eigenvalue weighted by molar-refractivity contribution is 0.0599. The van der Waals surface area contributed by atoms with Gasteiger partial charge >= 0.3 is 5.97 Å². The number of carbonyl (C=O) groups is 2. The Morgan fingerprint density at radius 2 is 1.92 bits per heavy atom. The van der Waals surface area contributed by atoms with Gasteiger partial charge in [0.15, 0.2) is 0 Å². The number of tetrazole rings is 1. The molecule has 0 aliphatic heterocycles. The van der Waals surface area contributed by atoms with Crippen LogP contribution in [0.5, 0.6) is 0 Å². The van der Waals surface area contributed by atoms with Gasteiger partial charge in [-0.15, -0.1) is 10.2 Å². The lowest BCUT2D eigenvalue weighted by Gasteiger charge is -2.01. The van der Waals surface area contributed by atoms with Crippen LogP contribution in [0, 0.1) is 13.8 Å². The van der Waals surface area contributed by atoms with E-state index >= 15 is 0 Å². The second-order valence-electron chi connectivity index (χ2n) is 5.69. The van der Waals surface area contributed by atoms with Crippen molar-refractivity contribution in [1.29, 1.82) is 0 Å². The number of methoxy groups -OCH3 is 1. The summed E-state index contributed by atoms with van der Waals surface area (Å²) in [6, 6.07) is 7.46. The first-order valence-electron chi connectivity index (χ1n) is 7.75. The fraction of sp³-hybridized carbons (Fsp3) is 0.235. The van der Waals surface area contributed by atoms with Gasteiger partial charge in [0, 0.05) is 15.7 Å². The van der Waals surface area contributed by atoms with Gasteiger partial charge in [0.05, 0.1) is 18.4 Å². The Kier molecular flexibility index (Phi) is 4.99. The number of aromatic nitrogens is 5. The molecule has 1 N–H and O–H groups in total. The Labute approximate surface area is 157 Å². The lowest BCUT2D eigenvalue weighted by atomic mass is 10.1. The molecule has 3 aromatic rings. The van der Waals surface area contributed by atoms with Crippen molar-refractivity contribution in [2.45, 2.75) is 20.4 Å². The first-order valence-corrected chi connectivity index (χ1v) is 8.54. The molecule has 0 aliphatic rings. The molecule has 0 amide bonds. The molecule has 0 spiro atoms. The minimum Gasteiger partial charge on any atom is -0.465 e. The molecule has 8 nitrogen and oxygen atoms in total. The van der Waals surface area contributed by atoms with Crippen molar-refractivity contribution in [2.24, 2.45) is 0 Å². The zero-order valence-corrected chi connectivity index (χ0v) is 16.0. The Morgan fingerprint density at radius 1 is 1.23 bits per heavy atom. The van der Waals surface area contributed by atoms with Crippen LogP contribution in [0.25, 0.3) is 11.4 Å². The van der Waals surface area contributed by atoms with Crippen LogP contribution in [0.2, 0.25) is 0 Å². The maximum atomic E-state index is 12.6. The molecule has 0 bridgehead atoms. The third kappa shape index (κ3) is 3.43. The van der Waals surface area contributed by atoms with Crippen LogP contribution >= 0.6 is 15.9 Å². The molecule has 0 saturated carbocycles. The largest absolute Gasteiger partial charge is 0.465 e. The maximum absolute atomic E-state index is 12.6. The van der Waals surface area contributed by atoms with E-state index in [1.807, 2.05) is 24.3 Å². The molecule has 9 heteroatoms. The monoisotopic (exact) mass is 417 g/mol. The Balaban J connectivity index is 1.81. The number of aryl methyl sites for hydroxylation is 1. The summed E-state index contributed by atoms with van der Waals surface area (Å²) in [4.78, 5) is 28.6. The molecule has 2 heterocycles. The quantitative estimate of drug-likeness (QED) is 0.505. The van der Waals surface area contributed by atoms with Gasteiger partial charge in [-0.2, -0.15) is 4.80 Å². The fourth-order valence-corrected chi connectivity index (χ4v) is 2.93. The summed E-state index contributed by atoms with van der Waals surface area (Å²) in [5.41, 5.74) is 2.64. The third-order valence-electron chi connectivity index (χ3n) is 3.95. The van der Waals surface area contributed by atoms with Crippen LogP contribution < -0.4 is 0 Å². The van der Waals surface area contributed by atoms with Gasteiger partial charge in [-0.1, -0.05) is 15.9 Å². The summed E-state index contributed by atoms with van der Waals surface area (Å²) >= 11 is 3.37. The van der Waals surface area contributed by atoms with Crippen LogP contribution in [0.3, 0.4) is 0 Å². The minimum absolute atomic E-state index is 0.0923. The van der Waals surface area contributed by atoms with Crippen LogP contribution in [-0.4, -0.2) is 44.1 Å². The highest BCUT2D eigenvalue weighted by Crippen LogP contribution is 2.20. The number of H-pyrrole nitrogens is 1. The predicted molar refractivity (Wildman–Crippen MR) is 96.9 cm³/mol. The van der Waals surface area contributed by atoms with Crippen LogP contribution in [0.15, 0.2) is 28.7 Å². The molecule has 2 aromatic heterocycles. The molecular weight excluding hydrogens is 402 g/mol. The second kappa shape index (κ2) is 7.20. The highest BCUT2D eigenvalue weighted by Gasteiger charge is 2.23. The number of rotatable bonds is 5. The summed E-state index contributed by atoms with van der Waals surface area (Å²) in [5, 5.41) is 12.1. The zero-order chi connectivity index (χ0) is 18.8. The van der Waals surface area contributed by atoms with Crippen LogP contribution in [0.4, 0.5) is 0 Å². The number of Topliss-reactive ketones (excluding diaryl/α,β-unsaturated/α-hetero) is 1. The molecule has 0 unspecified atom stereocenters. The number of hydrogen-bond donors (Lipinski definition) is 1. The molecular formula is C17H16BrN5O3. The van der Waals surface area contributed by atoms with E-state index in [0.717, 1.165) is 10.0 Å². The van der Waals surface area contributed by atoms with E-state index in [1.54, 1.807) is 13.8 Å². The number of nitrogens with zero attached hydrogens (tertiary/aromatic N) is 4. The van der Waals surface area contributed by atoms with E-state index in [9.17, 15) is 9.59 Å². The summed E-state index contributed by atoms with van der Waals surface area (Å²) < 4.78 is 5.70. The van der Waals surface area contributed by atoms with Gasteiger partial charge in [0.2, 0.25) is 11.6 Å². The van der Waals surface area contributed by atoms with E-state index in [1.165, 1.54) is 11.9 Å². The van der Waals surface area contributed by atoms with Gasteiger partial charge in [-0.25, -0.2) is 4.79 Å². The van der Waals surface area contributed by atoms with Crippen molar-refractivity contribution in [3.05, 3.63) is 51.3 Å². The topological polar surface area (TPSA) is 103 Å². The summed E-state index contributed by atoms with van der Waals surface area (Å²) in [6.45, 7) is 3.32. The van der Waals surface area contributed by atoms with Gasteiger partial charge in [-0.05, 0) is 48.9 Å². The van der Waals surface area contributed by atoms with Gasteiger partial charge in [0.25, 0.3) is 0 Å². The summed E-state index contributed by atoms with van der Waals surface area (Å²) in [5.74, 6) is -0.299. The predicted octanol–water partition coefficient (Wildman–Crippen LogP) is 2.72. The van der Waals surface area contributed by atoms with E-state index in [2.05, 4.69) is 36.3 Å². The zero-order valence-electron chi connectivity index (χ0n) is 14.4. The highest BCUT2D eigenvalue weighted by atomic mass is 79.9. The summed E-state index contributed by atoms with van der Waals surface area (Å²) in [6.07, 6.45) is 0. The first-order chi connectivity index (χ1) is 12.4. The number of carbonyl (C=O) groups excluding carboxylic acids is 2.